The Hall–Kier alpha value is -2.55. The van der Waals surface area contributed by atoms with Gasteiger partial charge in [-0.15, -0.1) is 6.42 Å². The average Bonchev–Trinajstić information content (AvgIpc) is 3.04. The lowest BCUT2D eigenvalue weighted by Gasteiger charge is -2.17. The van der Waals surface area contributed by atoms with E-state index < -0.39 is 6.04 Å². The van der Waals surface area contributed by atoms with Crippen molar-refractivity contribution >= 4 is 32.7 Å². The summed E-state index contributed by atoms with van der Waals surface area (Å²) in [5.41, 5.74) is 3.15. The van der Waals surface area contributed by atoms with Gasteiger partial charge in [0.15, 0.2) is 0 Å². The Morgan fingerprint density at radius 3 is 2.84 bits per heavy atom. The number of amides is 1. The molecule has 1 amide bonds. The molecule has 0 fully saturated rings. The van der Waals surface area contributed by atoms with Crippen molar-refractivity contribution in [3.63, 3.8) is 0 Å². The van der Waals surface area contributed by atoms with E-state index in [2.05, 4.69) is 32.2 Å². The molecule has 1 aromatic heterocycles. The van der Waals surface area contributed by atoms with Crippen molar-refractivity contribution < 1.29 is 9.90 Å². The maximum atomic E-state index is 12.6. The van der Waals surface area contributed by atoms with Crippen LogP contribution in [0.25, 0.3) is 10.9 Å². The third-order valence-corrected chi connectivity index (χ3v) is 4.95. The topological polar surface area (TPSA) is 65.1 Å². The van der Waals surface area contributed by atoms with Crippen LogP contribution in [-0.2, 0) is 6.42 Å². The lowest BCUT2D eigenvalue weighted by atomic mass is 10.0. The second-order valence-corrected chi connectivity index (χ2v) is 6.52. The molecule has 0 aliphatic carbocycles. The number of rotatable bonds is 5. The highest BCUT2D eigenvalue weighted by Gasteiger charge is 2.18. The Morgan fingerprint density at radius 1 is 1.28 bits per heavy atom. The number of aliphatic hydroxyl groups excluding tert-OH is 1. The molecule has 126 valence electrons. The maximum Gasteiger partial charge on any atom is 0.252 e. The zero-order valence-electron chi connectivity index (χ0n) is 13.4. The monoisotopic (exact) mass is 396 g/mol. The van der Waals surface area contributed by atoms with Gasteiger partial charge in [-0.2, -0.15) is 0 Å². The number of benzene rings is 2. The molecule has 1 atom stereocenters. The SMILES string of the molecule is C#Cc1cccc(C(=O)N[C@@H](CO)Cc2c[nH]c3ccccc23)c1Br. The molecule has 0 aliphatic rings. The van der Waals surface area contributed by atoms with Crippen LogP contribution in [0.3, 0.4) is 0 Å². The first kappa shape index (κ1) is 17.3. The van der Waals surface area contributed by atoms with Gasteiger partial charge in [0.25, 0.3) is 5.91 Å². The standard InChI is InChI=1S/C20H17BrN2O2/c1-2-13-6-5-8-17(19(13)21)20(25)23-15(12-24)10-14-11-22-18-9-4-3-7-16(14)18/h1,3-9,11,15,22,24H,10,12H2,(H,23,25)/t15-/m1/s1. The lowest BCUT2D eigenvalue weighted by Crippen LogP contribution is -2.39. The smallest absolute Gasteiger partial charge is 0.252 e. The zero-order valence-corrected chi connectivity index (χ0v) is 15.0. The Balaban J connectivity index is 1.78. The van der Waals surface area contributed by atoms with Crippen LogP contribution in [0, 0.1) is 12.3 Å². The van der Waals surface area contributed by atoms with E-state index in [0.29, 0.717) is 22.0 Å². The number of fused-ring (bicyclic) bond motifs is 1. The summed E-state index contributed by atoms with van der Waals surface area (Å²) in [5, 5.41) is 13.7. The Labute approximate surface area is 154 Å². The molecule has 3 rings (SSSR count). The quantitative estimate of drug-likeness (QED) is 0.579. The molecule has 3 N–H and O–H groups in total. The van der Waals surface area contributed by atoms with Crippen LogP contribution in [0.1, 0.15) is 21.5 Å². The molecular formula is C20H17BrN2O2. The van der Waals surface area contributed by atoms with E-state index in [1.165, 1.54) is 0 Å². The number of aliphatic hydroxyl groups is 1. The van der Waals surface area contributed by atoms with Crippen molar-refractivity contribution in [2.24, 2.45) is 0 Å². The van der Waals surface area contributed by atoms with Gasteiger partial charge in [0.05, 0.1) is 18.2 Å². The van der Waals surface area contributed by atoms with Gasteiger partial charge in [0.1, 0.15) is 0 Å². The first-order chi connectivity index (χ1) is 12.1. The molecule has 3 aromatic rings. The second-order valence-electron chi connectivity index (χ2n) is 5.73. The number of carbonyl (C=O) groups is 1. The van der Waals surface area contributed by atoms with Crippen LogP contribution in [-0.4, -0.2) is 28.6 Å². The van der Waals surface area contributed by atoms with E-state index in [-0.39, 0.29) is 12.5 Å². The molecule has 25 heavy (non-hydrogen) atoms. The molecule has 4 nitrogen and oxygen atoms in total. The number of aromatic nitrogens is 1. The molecule has 5 heteroatoms. The van der Waals surface area contributed by atoms with E-state index in [1.54, 1.807) is 18.2 Å². The second kappa shape index (κ2) is 7.56. The number of aromatic amines is 1. The minimum atomic E-state index is -0.395. The highest BCUT2D eigenvalue weighted by atomic mass is 79.9. The van der Waals surface area contributed by atoms with E-state index in [9.17, 15) is 9.90 Å². The normalized spacial score (nSPS) is 11.9. The van der Waals surface area contributed by atoms with Gasteiger partial charge >= 0.3 is 0 Å². The molecule has 0 aliphatic heterocycles. The minimum absolute atomic E-state index is 0.155. The summed E-state index contributed by atoms with van der Waals surface area (Å²) in [7, 11) is 0. The summed E-state index contributed by atoms with van der Waals surface area (Å²) in [4.78, 5) is 15.8. The van der Waals surface area contributed by atoms with Gasteiger partial charge in [-0.25, -0.2) is 0 Å². The summed E-state index contributed by atoms with van der Waals surface area (Å²) in [6.07, 6.45) is 7.87. The Morgan fingerprint density at radius 2 is 2.08 bits per heavy atom. The number of terminal acetylenes is 1. The fraction of sp³-hybridized carbons (Fsp3) is 0.150. The van der Waals surface area contributed by atoms with Crippen LogP contribution < -0.4 is 5.32 Å². The van der Waals surface area contributed by atoms with Crippen LogP contribution in [0.4, 0.5) is 0 Å². The van der Waals surface area contributed by atoms with Crippen molar-refractivity contribution in [1.82, 2.24) is 10.3 Å². The van der Waals surface area contributed by atoms with E-state index in [4.69, 9.17) is 6.42 Å². The summed E-state index contributed by atoms with van der Waals surface area (Å²) in [6.45, 7) is -0.155. The van der Waals surface area contributed by atoms with Crippen LogP contribution in [0.5, 0.6) is 0 Å². The molecule has 1 heterocycles. The number of nitrogens with one attached hydrogen (secondary N) is 2. The van der Waals surface area contributed by atoms with Crippen molar-refractivity contribution in [3.8, 4) is 12.3 Å². The van der Waals surface area contributed by atoms with Gasteiger partial charge in [-0.05, 0) is 46.1 Å². The number of hydrogen-bond donors (Lipinski definition) is 3. The van der Waals surface area contributed by atoms with Gasteiger partial charge in [0.2, 0.25) is 0 Å². The summed E-state index contributed by atoms with van der Waals surface area (Å²) >= 11 is 3.38. The highest BCUT2D eigenvalue weighted by Crippen LogP contribution is 2.22. The van der Waals surface area contributed by atoms with Crippen LogP contribution in [0.15, 0.2) is 53.1 Å². The fourth-order valence-electron chi connectivity index (χ4n) is 2.81. The third kappa shape index (κ3) is 3.60. The van der Waals surface area contributed by atoms with Gasteiger partial charge in [0, 0.05) is 27.1 Å². The number of carbonyl (C=O) groups excluding carboxylic acids is 1. The van der Waals surface area contributed by atoms with E-state index >= 15 is 0 Å². The molecule has 0 radical (unpaired) electrons. The number of halogens is 1. The van der Waals surface area contributed by atoms with Crippen molar-refractivity contribution in [2.45, 2.75) is 12.5 Å². The Kier molecular flexibility index (Phi) is 5.22. The van der Waals surface area contributed by atoms with Crippen molar-refractivity contribution in [1.29, 1.82) is 0 Å². The first-order valence-corrected chi connectivity index (χ1v) is 8.65. The largest absolute Gasteiger partial charge is 0.394 e. The summed E-state index contributed by atoms with van der Waals surface area (Å²) < 4.78 is 0.582. The predicted octanol–water partition coefficient (Wildman–Crippen LogP) is 3.25. The van der Waals surface area contributed by atoms with Crippen LogP contribution >= 0.6 is 15.9 Å². The molecule has 2 aromatic carbocycles. The van der Waals surface area contributed by atoms with E-state index in [0.717, 1.165) is 16.5 Å². The fourth-order valence-corrected chi connectivity index (χ4v) is 3.37. The molecular weight excluding hydrogens is 380 g/mol. The van der Waals surface area contributed by atoms with E-state index in [1.807, 2.05) is 30.5 Å². The summed E-state index contributed by atoms with van der Waals surface area (Å²) in [6, 6.07) is 12.7. The average molecular weight is 397 g/mol. The molecule has 0 bridgehead atoms. The third-order valence-electron chi connectivity index (χ3n) is 4.10. The minimum Gasteiger partial charge on any atom is -0.394 e. The molecule has 0 unspecified atom stereocenters. The van der Waals surface area contributed by atoms with Crippen LogP contribution in [0.2, 0.25) is 0 Å². The number of para-hydroxylation sites is 1. The van der Waals surface area contributed by atoms with Gasteiger partial charge in [-0.3, -0.25) is 4.79 Å². The number of H-pyrrole nitrogens is 1. The number of hydrogen-bond acceptors (Lipinski definition) is 2. The van der Waals surface area contributed by atoms with Gasteiger partial charge in [-0.1, -0.05) is 30.2 Å². The first-order valence-electron chi connectivity index (χ1n) is 7.86. The molecule has 0 spiro atoms. The lowest BCUT2D eigenvalue weighted by molar-refractivity contribution is 0.0915. The van der Waals surface area contributed by atoms with Crippen molar-refractivity contribution in [2.75, 3.05) is 6.61 Å². The molecule has 0 saturated heterocycles. The highest BCUT2D eigenvalue weighted by molar-refractivity contribution is 9.10. The van der Waals surface area contributed by atoms with Gasteiger partial charge < -0.3 is 15.4 Å². The van der Waals surface area contributed by atoms with Crippen molar-refractivity contribution in [3.05, 3.63) is 69.8 Å². The molecule has 0 saturated carbocycles. The zero-order chi connectivity index (χ0) is 17.8. The Bertz CT molecular complexity index is 956. The maximum absolute atomic E-state index is 12.6. The summed E-state index contributed by atoms with van der Waals surface area (Å²) in [5.74, 6) is 2.26. The predicted molar refractivity (Wildman–Crippen MR) is 102 cm³/mol.